The first-order chi connectivity index (χ1) is 12.7. The topological polar surface area (TPSA) is 58.6 Å². The molecule has 0 aromatic heterocycles. The molecule has 0 atom stereocenters. The van der Waals surface area contributed by atoms with Gasteiger partial charge in [0.1, 0.15) is 17.1 Å². The lowest BCUT2D eigenvalue weighted by Crippen LogP contribution is -2.29. The van der Waals surface area contributed by atoms with Gasteiger partial charge >= 0.3 is 0 Å². The molecule has 0 saturated carbocycles. The number of aromatic hydroxyl groups is 1. The average molecular weight is 347 g/mol. The van der Waals surface area contributed by atoms with Crippen molar-refractivity contribution in [1.29, 1.82) is 0 Å². The third-order valence-corrected chi connectivity index (χ3v) is 4.32. The van der Waals surface area contributed by atoms with Crippen LogP contribution in [-0.4, -0.2) is 24.7 Å². The number of hydrogen-bond donors (Lipinski definition) is 2. The zero-order valence-corrected chi connectivity index (χ0v) is 14.6. The Labute approximate surface area is 153 Å². The molecule has 0 fully saturated rings. The normalized spacial score (nSPS) is 10.5. The van der Waals surface area contributed by atoms with Crippen LogP contribution in [0.25, 0.3) is 0 Å². The SMILES string of the molecule is COc1cccc(O)c1C(=O)NCC(c1ccccc1)c1ccccc1. The van der Waals surface area contributed by atoms with Crippen LogP contribution in [-0.2, 0) is 0 Å². The zero-order valence-electron chi connectivity index (χ0n) is 14.6. The number of hydrogen-bond acceptors (Lipinski definition) is 3. The lowest BCUT2D eigenvalue weighted by atomic mass is 9.91. The second-order valence-electron chi connectivity index (χ2n) is 5.94. The Bertz CT molecular complexity index is 824. The molecule has 0 aliphatic heterocycles. The molecule has 26 heavy (non-hydrogen) atoms. The Kier molecular flexibility index (Phi) is 5.54. The van der Waals surface area contributed by atoms with Crippen molar-refractivity contribution in [3.63, 3.8) is 0 Å². The van der Waals surface area contributed by atoms with Crippen LogP contribution in [0.5, 0.6) is 11.5 Å². The average Bonchev–Trinajstić information content (AvgIpc) is 2.69. The number of carbonyl (C=O) groups is 1. The van der Waals surface area contributed by atoms with E-state index in [1.807, 2.05) is 60.7 Å². The van der Waals surface area contributed by atoms with Gasteiger partial charge in [-0.2, -0.15) is 0 Å². The van der Waals surface area contributed by atoms with Gasteiger partial charge in [0.25, 0.3) is 5.91 Å². The van der Waals surface area contributed by atoms with Crippen LogP contribution in [0.2, 0.25) is 0 Å². The molecule has 0 saturated heterocycles. The zero-order chi connectivity index (χ0) is 18.4. The second kappa shape index (κ2) is 8.21. The summed E-state index contributed by atoms with van der Waals surface area (Å²) in [5, 5.41) is 13.0. The van der Waals surface area contributed by atoms with Crippen molar-refractivity contribution in [2.24, 2.45) is 0 Å². The fourth-order valence-corrected chi connectivity index (χ4v) is 3.00. The van der Waals surface area contributed by atoms with Gasteiger partial charge in [-0.1, -0.05) is 66.7 Å². The number of nitrogens with one attached hydrogen (secondary N) is 1. The summed E-state index contributed by atoms with van der Waals surface area (Å²) in [6.45, 7) is 0.407. The first-order valence-corrected chi connectivity index (χ1v) is 8.44. The molecular weight excluding hydrogens is 326 g/mol. The van der Waals surface area contributed by atoms with Crippen molar-refractivity contribution in [2.45, 2.75) is 5.92 Å². The Balaban J connectivity index is 1.84. The smallest absolute Gasteiger partial charge is 0.258 e. The summed E-state index contributed by atoms with van der Waals surface area (Å²) >= 11 is 0. The quantitative estimate of drug-likeness (QED) is 0.709. The minimum atomic E-state index is -0.364. The third kappa shape index (κ3) is 3.86. The molecule has 3 aromatic carbocycles. The molecule has 3 rings (SSSR count). The van der Waals surface area contributed by atoms with Crippen molar-refractivity contribution in [1.82, 2.24) is 5.32 Å². The number of carbonyl (C=O) groups excluding carboxylic acids is 1. The standard InChI is InChI=1S/C22H21NO3/c1-26-20-14-8-13-19(24)21(20)22(25)23-15-18(16-9-4-2-5-10-16)17-11-6-3-7-12-17/h2-14,18,24H,15H2,1H3,(H,23,25). The van der Waals surface area contributed by atoms with Crippen LogP contribution in [0.3, 0.4) is 0 Å². The number of phenols is 1. The Hall–Kier alpha value is -3.27. The molecule has 4 heteroatoms. The Morgan fingerprint density at radius 2 is 1.50 bits per heavy atom. The number of phenolic OH excluding ortho intramolecular Hbond substituents is 1. The molecule has 0 bridgehead atoms. The minimum absolute atomic E-state index is 0.0122. The predicted octanol–water partition coefficient (Wildman–Crippen LogP) is 3.96. The van der Waals surface area contributed by atoms with Gasteiger partial charge in [-0.3, -0.25) is 4.79 Å². The number of ether oxygens (including phenoxy) is 1. The molecule has 0 aliphatic carbocycles. The molecule has 3 aromatic rings. The van der Waals surface area contributed by atoms with Gasteiger partial charge in [0.15, 0.2) is 0 Å². The van der Waals surface area contributed by atoms with Crippen LogP contribution in [0, 0.1) is 0 Å². The highest BCUT2D eigenvalue weighted by Crippen LogP contribution is 2.28. The maximum atomic E-state index is 12.7. The van der Waals surface area contributed by atoms with Crippen molar-refractivity contribution in [3.05, 3.63) is 95.6 Å². The summed E-state index contributed by atoms with van der Waals surface area (Å²) in [5.74, 6) is -0.105. The van der Waals surface area contributed by atoms with E-state index >= 15 is 0 Å². The van der Waals surface area contributed by atoms with E-state index in [0.29, 0.717) is 12.3 Å². The summed E-state index contributed by atoms with van der Waals surface area (Å²) in [4.78, 5) is 12.7. The first-order valence-electron chi connectivity index (χ1n) is 8.44. The van der Waals surface area contributed by atoms with Crippen LogP contribution >= 0.6 is 0 Å². The summed E-state index contributed by atoms with van der Waals surface area (Å²) in [5.41, 5.74) is 2.38. The van der Waals surface area contributed by atoms with E-state index in [-0.39, 0.29) is 23.1 Å². The van der Waals surface area contributed by atoms with E-state index in [9.17, 15) is 9.90 Å². The van der Waals surface area contributed by atoms with Gasteiger partial charge in [0.05, 0.1) is 7.11 Å². The monoisotopic (exact) mass is 347 g/mol. The van der Waals surface area contributed by atoms with Crippen LogP contribution in [0.4, 0.5) is 0 Å². The second-order valence-corrected chi connectivity index (χ2v) is 5.94. The van der Waals surface area contributed by atoms with Gasteiger partial charge in [0, 0.05) is 12.5 Å². The molecule has 4 nitrogen and oxygen atoms in total. The number of amides is 1. The minimum Gasteiger partial charge on any atom is -0.507 e. The highest BCUT2D eigenvalue weighted by Gasteiger charge is 2.20. The highest BCUT2D eigenvalue weighted by molar-refractivity contribution is 5.99. The third-order valence-electron chi connectivity index (χ3n) is 4.32. The van der Waals surface area contributed by atoms with Gasteiger partial charge in [-0.15, -0.1) is 0 Å². The highest BCUT2D eigenvalue weighted by atomic mass is 16.5. The fourth-order valence-electron chi connectivity index (χ4n) is 3.00. The van der Waals surface area contributed by atoms with Crippen molar-refractivity contribution < 1.29 is 14.6 Å². The molecular formula is C22H21NO3. The summed E-state index contributed by atoms with van der Waals surface area (Å²) < 4.78 is 5.20. The van der Waals surface area contributed by atoms with Crippen LogP contribution < -0.4 is 10.1 Å². The van der Waals surface area contributed by atoms with E-state index in [1.54, 1.807) is 12.1 Å². The Morgan fingerprint density at radius 1 is 0.923 bits per heavy atom. The number of methoxy groups -OCH3 is 1. The molecule has 0 spiro atoms. The number of rotatable bonds is 6. The number of benzene rings is 3. The summed E-state index contributed by atoms with van der Waals surface area (Å²) in [7, 11) is 1.47. The van der Waals surface area contributed by atoms with Crippen molar-refractivity contribution in [2.75, 3.05) is 13.7 Å². The maximum absolute atomic E-state index is 12.7. The van der Waals surface area contributed by atoms with Gasteiger partial charge < -0.3 is 15.2 Å². The molecule has 132 valence electrons. The molecule has 2 N–H and O–H groups in total. The lowest BCUT2D eigenvalue weighted by molar-refractivity contribution is 0.0946. The summed E-state index contributed by atoms with van der Waals surface area (Å²) in [6.07, 6.45) is 0. The van der Waals surface area contributed by atoms with E-state index in [4.69, 9.17) is 4.74 Å². The first kappa shape index (κ1) is 17.5. The van der Waals surface area contributed by atoms with Crippen LogP contribution in [0.1, 0.15) is 27.4 Å². The van der Waals surface area contributed by atoms with Crippen LogP contribution in [0.15, 0.2) is 78.9 Å². The van der Waals surface area contributed by atoms with Gasteiger partial charge in [-0.25, -0.2) is 0 Å². The van der Waals surface area contributed by atoms with E-state index in [1.165, 1.54) is 13.2 Å². The van der Waals surface area contributed by atoms with Gasteiger partial charge in [0.2, 0.25) is 0 Å². The molecule has 1 amide bonds. The molecule has 0 radical (unpaired) electrons. The van der Waals surface area contributed by atoms with E-state index in [2.05, 4.69) is 5.32 Å². The van der Waals surface area contributed by atoms with E-state index in [0.717, 1.165) is 11.1 Å². The lowest BCUT2D eigenvalue weighted by Gasteiger charge is -2.19. The predicted molar refractivity (Wildman–Crippen MR) is 102 cm³/mol. The fraction of sp³-hybridized carbons (Fsp3) is 0.136. The molecule has 0 aliphatic rings. The van der Waals surface area contributed by atoms with Crippen molar-refractivity contribution >= 4 is 5.91 Å². The molecule has 0 heterocycles. The van der Waals surface area contributed by atoms with E-state index < -0.39 is 0 Å². The largest absolute Gasteiger partial charge is 0.507 e. The Morgan fingerprint density at radius 3 is 2.04 bits per heavy atom. The maximum Gasteiger partial charge on any atom is 0.258 e. The summed E-state index contributed by atoms with van der Waals surface area (Å²) in [6, 6.07) is 24.8. The van der Waals surface area contributed by atoms with Gasteiger partial charge in [-0.05, 0) is 23.3 Å². The molecule has 0 unspecified atom stereocenters. The van der Waals surface area contributed by atoms with Crippen molar-refractivity contribution in [3.8, 4) is 11.5 Å².